The quantitative estimate of drug-likeness (QED) is 0.834. The molecule has 0 spiro atoms. The van der Waals surface area contributed by atoms with Crippen LogP contribution < -0.4 is 5.32 Å². The Labute approximate surface area is 107 Å². The first-order valence-electron chi connectivity index (χ1n) is 6.35. The van der Waals surface area contributed by atoms with Gasteiger partial charge in [0.2, 0.25) is 0 Å². The van der Waals surface area contributed by atoms with Crippen LogP contribution in [0.4, 0.5) is 0 Å². The van der Waals surface area contributed by atoms with Crippen molar-refractivity contribution in [3.8, 4) is 0 Å². The Bertz CT molecular complexity index is 413. The molecule has 1 unspecified atom stereocenters. The predicted octanol–water partition coefficient (Wildman–Crippen LogP) is 3.07. The fourth-order valence-corrected chi connectivity index (χ4v) is 4.29. The summed E-state index contributed by atoms with van der Waals surface area (Å²) >= 11 is 1.83. The van der Waals surface area contributed by atoms with Gasteiger partial charge in [0.15, 0.2) is 0 Å². The molecule has 17 heavy (non-hydrogen) atoms. The molecule has 1 saturated heterocycles. The van der Waals surface area contributed by atoms with Gasteiger partial charge in [-0.2, -0.15) is 0 Å². The number of nitrogens with zero attached hydrogens (tertiary/aromatic N) is 1. The Morgan fingerprint density at radius 1 is 1.29 bits per heavy atom. The number of hydrogen-bond donors (Lipinski definition) is 1. The molecule has 1 aromatic heterocycles. The zero-order chi connectivity index (χ0) is 12.3. The summed E-state index contributed by atoms with van der Waals surface area (Å²) in [7, 11) is 0. The smallest absolute Gasteiger partial charge is 0.110 e. The molecular formula is C13H20N2OS. The molecule has 0 aromatic carbocycles. The summed E-state index contributed by atoms with van der Waals surface area (Å²) in [6, 6.07) is 0.470. The second-order valence-corrected chi connectivity index (χ2v) is 7.03. The SMILES string of the molecule is CC1(C)OC(C)(C)c2sc(C3CCCN3)nc21. The van der Waals surface area contributed by atoms with Gasteiger partial charge in [0.05, 0.1) is 22.2 Å². The molecule has 1 atom stereocenters. The third kappa shape index (κ3) is 1.74. The first-order chi connectivity index (χ1) is 7.90. The lowest BCUT2D eigenvalue weighted by molar-refractivity contribution is -0.105. The average molecular weight is 252 g/mol. The molecule has 2 aliphatic heterocycles. The Morgan fingerprint density at radius 2 is 2.06 bits per heavy atom. The van der Waals surface area contributed by atoms with E-state index in [0.717, 1.165) is 12.2 Å². The predicted molar refractivity (Wildman–Crippen MR) is 69.2 cm³/mol. The van der Waals surface area contributed by atoms with E-state index in [2.05, 4.69) is 33.0 Å². The maximum atomic E-state index is 6.09. The van der Waals surface area contributed by atoms with Crippen molar-refractivity contribution in [1.29, 1.82) is 0 Å². The van der Waals surface area contributed by atoms with E-state index in [9.17, 15) is 0 Å². The van der Waals surface area contributed by atoms with Gasteiger partial charge in [0.1, 0.15) is 10.6 Å². The van der Waals surface area contributed by atoms with Crippen LogP contribution in [0.5, 0.6) is 0 Å². The monoisotopic (exact) mass is 252 g/mol. The molecule has 0 amide bonds. The summed E-state index contributed by atoms with van der Waals surface area (Å²) in [5.41, 5.74) is 0.718. The molecule has 1 N–H and O–H groups in total. The summed E-state index contributed by atoms with van der Waals surface area (Å²) in [5.74, 6) is 0. The van der Waals surface area contributed by atoms with Gasteiger partial charge < -0.3 is 10.1 Å². The third-order valence-electron chi connectivity index (χ3n) is 3.63. The van der Waals surface area contributed by atoms with Crippen LogP contribution in [0.25, 0.3) is 0 Å². The number of ether oxygens (including phenoxy) is 1. The van der Waals surface area contributed by atoms with E-state index in [0.29, 0.717) is 6.04 Å². The van der Waals surface area contributed by atoms with Gasteiger partial charge >= 0.3 is 0 Å². The van der Waals surface area contributed by atoms with E-state index in [-0.39, 0.29) is 11.2 Å². The van der Waals surface area contributed by atoms with Crippen LogP contribution in [0.2, 0.25) is 0 Å². The number of hydrogen-bond acceptors (Lipinski definition) is 4. The van der Waals surface area contributed by atoms with Crippen molar-refractivity contribution in [3.63, 3.8) is 0 Å². The highest BCUT2D eigenvalue weighted by Gasteiger charge is 2.46. The second kappa shape index (κ2) is 3.53. The Balaban J connectivity index is 2.03. The first-order valence-corrected chi connectivity index (χ1v) is 7.17. The van der Waals surface area contributed by atoms with Gasteiger partial charge in [0, 0.05) is 0 Å². The average Bonchev–Trinajstić information content (AvgIpc) is 2.87. The summed E-state index contributed by atoms with van der Waals surface area (Å²) < 4.78 is 6.09. The zero-order valence-electron chi connectivity index (χ0n) is 11.0. The van der Waals surface area contributed by atoms with Crippen LogP contribution in [-0.2, 0) is 15.9 Å². The topological polar surface area (TPSA) is 34.1 Å². The van der Waals surface area contributed by atoms with Gasteiger partial charge in [-0.1, -0.05) is 0 Å². The number of rotatable bonds is 1. The number of fused-ring (bicyclic) bond motifs is 1. The molecule has 0 aliphatic carbocycles. The maximum absolute atomic E-state index is 6.09. The Kier molecular flexibility index (Phi) is 2.41. The lowest BCUT2D eigenvalue weighted by Crippen LogP contribution is -2.23. The largest absolute Gasteiger partial charge is 0.358 e. The number of thiazole rings is 1. The van der Waals surface area contributed by atoms with E-state index >= 15 is 0 Å². The van der Waals surface area contributed by atoms with E-state index < -0.39 is 0 Å². The number of aromatic nitrogens is 1. The summed E-state index contributed by atoms with van der Waals surface area (Å²) in [6.07, 6.45) is 2.48. The van der Waals surface area contributed by atoms with Crippen molar-refractivity contribution in [1.82, 2.24) is 10.3 Å². The molecule has 1 aromatic rings. The summed E-state index contributed by atoms with van der Waals surface area (Å²) in [6.45, 7) is 9.64. The lowest BCUT2D eigenvalue weighted by atomic mass is 10.0. The molecule has 1 fully saturated rings. The van der Waals surface area contributed by atoms with Gasteiger partial charge in [0.25, 0.3) is 0 Å². The lowest BCUT2D eigenvalue weighted by Gasteiger charge is -2.25. The van der Waals surface area contributed by atoms with Crippen molar-refractivity contribution in [2.45, 2.75) is 57.8 Å². The van der Waals surface area contributed by atoms with Gasteiger partial charge in [-0.15, -0.1) is 11.3 Å². The maximum Gasteiger partial charge on any atom is 0.110 e. The molecular weight excluding hydrogens is 232 g/mol. The molecule has 3 nitrogen and oxygen atoms in total. The minimum Gasteiger partial charge on any atom is -0.358 e. The van der Waals surface area contributed by atoms with Crippen molar-refractivity contribution in [2.24, 2.45) is 0 Å². The third-order valence-corrected chi connectivity index (χ3v) is 5.10. The highest BCUT2D eigenvalue weighted by atomic mass is 32.1. The minimum atomic E-state index is -0.244. The van der Waals surface area contributed by atoms with E-state index in [4.69, 9.17) is 9.72 Å². The van der Waals surface area contributed by atoms with Crippen LogP contribution >= 0.6 is 11.3 Å². The fourth-order valence-electron chi connectivity index (χ4n) is 2.93. The van der Waals surface area contributed by atoms with Crippen LogP contribution in [0.3, 0.4) is 0 Å². The van der Waals surface area contributed by atoms with Crippen LogP contribution in [-0.4, -0.2) is 11.5 Å². The molecule has 0 radical (unpaired) electrons. The van der Waals surface area contributed by atoms with Crippen molar-refractivity contribution in [3.05, 3.63) is 15.6 Å². The van der Waals surface area contributed by atoms with Crippen molar-refractivity contribution >= 4 is 11.3 Å². The second-order valence-electron chi connectivity index (χ2n) is 6.00. The summed E-state index contributed by atoms with van der Waals surface area (Å²) in [5, 5.41) is 4.77. The Morgan fingerprint density at radius 3 is 2.65 bits per heavy atom. The molecule has 3 rings (SSSR count). The highest BCUT2D eigenvalue weighted by Crippen LogP contribution is 2.49. The molecule has 94 valence electrons. The first kappa shape index (κ1) is 11.6. The molecule has 0 saturated carbocycles. The van der Waals surface area contributed by atoms with Crippen molar-refractivity contribution in [2.75, 3.05) is 6.54 Å². The summed E-state index contributed by atoms with van der Waals surface area (Å²) in [4.78, 5) is 6.16. The van der Waals surface area contributed by atoms with Crippen molar-refractivity contribution < 1.29 is 4.74 Å². The van der Waals surface area contributed by atoms with E-state index in [1.807, 2.05) is 11.3 Å². The molecule has 4 heteroatoms. The molecule has 2 aliphatic rings. The highest BCUT2D eigenvalue weighted by molar-refractivity contribution is 7.12. The normalized spacial score (nSPS) is 29.5. The minimum absolute atomic E-state index is 0.187. The van der Waals surface area contributed by atoms with E-state index in [1.165, 1.54) is 22.7 Å². The van der Waals surface area contributed by atoms with Crippen LogP contribution in [0.15, 0.2) is 0 Å². The zero-order valence-corrected chi connectivity index (χ0v) is 11.8. The Hall–Kier alpha value is -0.450. The standard InChI is InChI=1S/C13H20N2OS/c1-12(2)9-10(13(3,4)16-12)17-11(15-9)8-6-5-7-14-8/h8,14H,5-7H2,1-4H3. The van der Waals surface area contributed by atoms with E-state index in [1.54, 1.807) is 0 Å². The molecule has 3 heterocycles. The van der Waals surface area contributed by atoms with Gasteiger partial charge in [-0.3, -0.25) is 0 Å². The van der Waals surface area contributed by atoms with Gasteiger partial charge in [-0.25, -0.2) is 4.98 Å². The number of nitrogens with one attached hydrogen (secondary N) is 1. The van der Waals surface area contributed by atoms with Crippen LogP contribution in [0, 0.1) is 0 Å². The van der Waals surface area contributed by atoms with Gasteiger partial charge in [-0.05, 0) is 47.1 Å². The molecule has 0 bridgehead atoms. The van der Waals surface area contributed by atoms with Crippen LogP contribution in [0.1, 0.15) is 62.2 Å². The fraction of sp³-hybridized carbons (Fsp3) is 0.769.